The van der Waals surface area contributed by atoms with Gasteiger partial charge in [0, 0.05) is 23.5 Å². The van der Waals surface area contributed by atoms with Crippen molar-refractivity contribution in [2.45, 2.75) is 44.6 Å². The first-order valence-corrected chi connectivity index (χ1v) is 10.6. The molecule has 1 aromatic heterocycles. The van der Waals surface area contributed by atoms with E-state index in [9.17, 15) is 4.79 Å². The van der Waals surface area contributed by atoms with E-state index < -0.39 is 0 Å². The van der Waals surface area contributed by atoms with Crippen LogP contribution < -0.4 is 4.74 Å². The van der Waals surface area contributed by atoms with E-state index in [1.54, 1.807) is 18.2 Å². The molecule has 0 atom stereocenters. The molecule has 0 saturated heterocycles. The van der Waals surface area contributed by atoms with Gasteiger partial charge in [0.2, 0.25) is 0 Å². The number of nitrogens with zero attached hydrogens (tertiary/aromatic N) is 1. The molecule has 5 rings (SSSR count). The molecule has 0 bridgehead atoms. The van der Waals surface area contributed by atoms with E-state index in [2.05, 4.69) is 5.16 Å². The fraction of sp³-hybridized carbons (Fsp3) is 0.304. The third kappa shape index (κ3) is 3.56. The SMILES string of the molecule is O=C1CCCc2cc(OCc3c(-c4c(Cl)cccc4Cl)noc3C3CC3)ccc21. The number of benzene rings is 2. The highest BCUT2D eigenvalue weighted by Crippen LogP contribution is 2.46. The van der Waals surface area contributed by atoms with Gasteiger partial charge in [-0.05, 0) is 61.6 Å². The molecule has 6 heteroatoms. The molecule has 1 heterocycles. The lowest BCUT2D eigenvalue weighted by Gasteiger charge is -2.16. The molecular formula is C23H19Cl2NO3. The fourth-order valence-electron chi connectivity index (χ4n) is 3.92. The van der Waals surface area contributed by atoms with Gasteiger partial charge in [-0.25, -0.2) is 0 Å². The fourth-order valence-corrected chi connectivity index (χ4v) is 4.49. The molecule has 2 aliphatic carbocycles. The normalized spacial score (nSPS) is 16.0. The second kappa shape index (κ2) is 7.51. The summed E-state index contributed by atoms with van der Waals surface area (Å²) >= 11 is 12.8. The minimum absolute atomic E-state index is 0.212. The quantitative estimate of drug-likeness (QED) is 0.458. The van der Waals surface area contributed by atoms with Gasteiger partial charge in [0.05, 0.1) is 15.6 Å². The predicted octanol–water partition coefficient (Wildman–Crippen LogP) is 6.62. The third-order valence-electron chi connectivity index (χ3n) is 5.58. The molecule has 3 aromatic rings. The van der Waals surface area contributed by atoms with Crippen LogP contribution in [0.5, 0.6) is 5.75 Å². The number of aryl methyl sites for hydroxylation is 1. The molecule has 4 nitrogen and oxygen atoms in total. The van der Waals surface area contributed by atoms with Gasteiger partial charge in [-0.15, -0.1) is 0 Å². The van der Waals surface area contributed by atoms with Crippen molar-refractivity contribution >= 4 is 29.0 Å². The Morgan fingerprint density at radius 1 is 1.10 bits per heavy atom. The number of fused-ring (bicyclic) bond motifs is 1. The largest absolute Gasteiger partial charge is 0.489 e. The Labute approximate surface area is 178 Å². The molecule has 2 aliphatic rings. The number of halogens is 2. The first kappa shape index (κ1) is 18.7. The Bertz CT molecular complexity index is 1080. The molecule has 0 unspecified atom stereocenters. The Hall–Kier alpha value is -2.30. The van der Waals surface area contributed by atoms with Crippen LogP contribution in [0.4, 0.5) is 0 Å². The molecule has 0 amide bonds. The van der Waals surface area contributed by atoms with Crippen molar-refractivity contribution in [3.05, 3.63) is 68.9 Å². The highest BCUT2D eigenvalue weighted by atomic mass is 35.5. The summed E-state index contributed by atoms with van der Waals surface area (Å²) in [6, 6.07) is 11.1. The van der Waals surface area contributed by atoms with Crippen molar-refractivity contribution in [2.24, 2.45) is 0 Å². The van der Waals surface area contributed by atoms with E-state index in [0.29, 0.717) is 40.2 Å². The summed E-state index contributed by atoms with van der Waals surface area (Å²) in [6.07, 6.45) is 4.58. The Kier molecular flexibility index (Phi) is 4.84. The summed E-state index contributed by atoms with van der Waals surface area (Å²) < 4.78 is 11.8. The Morgan fingerprint density at radius 3 is 2.66 bits per heavy atom. The zero-order chi connectivity index (χ0) is 20.0. The topological polar surface area (TPSA) is 52.3 Å². The average Bonchev–Trinajstić information content (AvgIpc) is 3.47. The molecule has 0 N–H and O–H groups in total. The molecule has 29 heavy (non-hydrogen) atoms. The lowest BCUT2D eigenvalue weighted by atomic mass is 9.90. The van der Waals surface area contributed by atoms with Crippen LogP contribution in [0, 0.1) is 0 Å². The van der Waals surface area contributed by atoms with Gasteiger partial charge in [-0.2, -0.15) is 0 Å². The molecular weight excluding hydrogens is 409 g/mol. The van der Waals surface area contributed by atoms with Gasteiger partial charge in [0.1, 0.15) is 23.8 Å². The minimum atomic E-state index is 0.212. The zero-order valence-corrected chi connectivity index (χ0v) is 17.2. The van der Waals surface area contributed by atoms with Gasteiger partial charge in [0.25, 0.3) is 0 Å². The first-order valence-electron chi connectivity index (χ1n) is 9.83. The van der Waals surface area contributed by atoms with Crippen LogP contribution in [0.1, 0.15) is 58.8 Å². The van der Waals surface area contributed by atoms with Gasteiger partial charge >= 0.3 is 0 Å². The van der Waals surface area contributed by atoms with Crippen molar-refractivity contribution in [3.8, 4) is 17.0 Å². The van der Waals surface area contributed by atoms with Crippen LogP contribution in [0.25, 0.3) is 11.3 Å². The van der Waals surface area contributed by atoms with Crippen LogP contribution in [0.15, 0.2) is 40.9 Å². The highest BCUT2D eigenvalue weighted by Gasteiger charge is 2.33. The number of ether oxygens (including phenoxy) is 1. The summed E-state index contributed by atoms with van der Waals surface area (Å²) in [7, 11) is 0. The predicted molar refractivity (Wildman–Crippen MR) is 112 cm³/mol. The van der Waals surface area contributed by atoms with Gasteiger partial charge in [0.15, 0.2) is 5.78 Å². The number of ketones is 1. The molecule has 0 aliphatic heterocycles. The van der Waals surface area contributed by atoms with Gasteiger partial charge < -0.3 is 9.26 Å². The number of carbonyl (C=O) groups is 1. The second-order valence-electron chi connectivity index (χ2n) is 7.63. The van der Waals surface area contributed by atoms with Crippen LogP contribution >= 0.6 is 23.2 Å². The summed E-state index contributed by atoms with van der Waals surface area (Å²) in [6.45, 7) is 0.305. The van der Waals surface area contributed by atoms with Crippen molar-refractivity contribution in [3.63, 3.8) is 0 Å². The number of hydrogen-bond acceptors (Lipinski definition) is 4. The average molecular weight is 428 g/mol. The van der Waals surface area contributed by atoms with Crippen LogP contribution in [0.3, 0.4) is 0 Å². The molecule has 0 radical (unpaired) electrons. The first-order chi connectivity index (χ1) is 14.1. The van der Waals surface area contributed by atoms with Crippen LogP contribution in [0.2, 0.25) is 10.0 Å². The standard InChI is InChI=1S/C23H19Cl2NO3/c24-18-4-2-5-19(25)21(18)22-17(23(29-26-22)13-7-8-13)12-28-15-9-10-16-14(11-15)3-1-6-20(16)27/h2,4-5,9-11,13H,1,3,6-8,12H2. The molecule has 148 valence electrons. The molecule has 2 aromatic carbocycles. The smallest absolute Gasteiger partial charge is 0.163 e. The van der Waals surface area contributed by atoms with E-state index in [1.807, 2.05) is 18.2 Å². The maximum Gasteiger partial charge on any atom is 0.163 e. The summed E-state index contributed by atoms with van der Waals surface area (Å²) in [5.74, 6) is 2.17. The number of Topliss-reactive ketones (excluding diaryl/α,β-unsaturated/α-hetero) is 1. The summed E-state index contributed by atoms with van der Waals surface area (Å²) in [5.41, 5.74) is 4.06. The maximum atomic E-state index is 12.0. The molecule has 0 spiro atoms. The maximum absolute atomic E-state index is 12.0. The number of carbonyl (C=O) groups excluding carboxylic acids is 1. The van der Waals surface area contributed by atoms with Gasteiger partial charge in [-0.1, -0.05) is 34.4 Å². The number of rotatable bonds is 5. The lowest BCUT2D eigenvalue weighted by molar-refractivity contribution is 0.0972. The summed E-state index contributed by atoms with van der Waals surface area (Å²) in [4.78, 5) is 12.0. The molecule has 1 fully saturated rings. The Morgan fingerprint density at radius 2 is 1.90 bits per heavy atom. The van der Waals surface area contributed by atoms with Crippen molar-refractivity contribution in [2.75, 3.05) is 0 Å². The summed E-state index contributed by atoms with van der Waals surface area (Å²) in [5, 5.41) is 5.35. The lowest BCUT2D eigenvalue weighted by Crippen LogP contribution is -2.10. The van der Waals surface area contributed by atoms with Crippen molar-refractivity contribution < 1.29 is 14.1 Å². The number of aromatic nitrogens is 1. The monoisotopic (exact) mass is 427 g/mol. The molecule has 1 saturated carbocycles. The van der Waals surface area contributed by atoms with Crippen LogP contribution in [-0.2, 0) is 13.0 Å². The van der Waals surface area contributed by atoms with Crippen molar-refractivity contribution in [1.82, 2.24) is 5.16 Å². The zero-order valence-electron chi connectivity index (χ0n) is 15.7. The highest BCUT2D eigenvalue weighted by molar-refractivity contribution is 6.39. The van der Waals surface area contributed by atoms with E-state index >= 15 is 0 Å². The number of hydrogen-bond donors (Lipinski definition) is 0. The van der Waals surface area contributed by atoms with Gasteiger partial charge in [-0.3, -0.25) is 4.79 Å². The Balaban J connectivity index is 1.47. The van der Waals surface area contributed by atoms with E-state index in [4.69, 9.17) is 32.5 Å². The minimum Gasteiger partial charge on any atom is -0.489 e. The van der Waals surface area contributed by atoms with Crippen LogP contribution in [-0.4, -0.2) is 10.9 Å². The third-order valence-corrected chi connectivity index (χ3v) is 6.21. The van der Waals surface area contributed by atoms with E-state index in [-0.39, 0.29) is 5.78 Å². The second-order valence-corrected chi connectivity index (χ2v) is 8.44. The van der Waals surface area contributed by atoms with E-state index in [0.717, 1.165) is 53.9 Å². The van der Waals surface area contributed by atoms with Crippen molar-refractivity contribution in [1.29, 1.82) is 0 Å². The van der Waals surface area contributed by atoms with E-state index in [1.165, 1.54) is 0 Å².